The van der Waals surface area contributed by atoms with Gasteiger partial charge in [0.2, 0.25) is 0 Å². The molecule has 1 aromatic rings. The van der Waals surface area contributed by atoms with E-state index in [9.17, 15) is 9.90 Å². The molecule has 18 heavy (non-hydrogen) atoms. The molecule has 0 amide bonds. The fourth-order valence-electron chi connectivity index (χ4n) is 1.99. The summed E-state index contributed by atoms with van der Waals surface area (Å²) in [6.07, 6.45) is -0.328. The predicted octanol–water partition coefficient (Wildman–Crippen LogP) is 2.24. The number of hydrogen-bond donors (Lipinski definition) is 1. The van der Waals surface area contributed by atoms with E-state index in [4.69, 9.17) is 9.47 Å². The highest BCUT2D eigenvalue weighted by atomic mass is 16.5. The molecular formula is C14H20O4. The third kappa shape index (κ3) is 3.01. The van der Waals surface area contributed by atoms with Crippen molar-refractivity contribution < 1.29 is 19.4 Å². The quantitative estimate of drug-likeness (QED) is 0.816. The van der Waals surface area contributed by atoms with E-state index >= 15 is 0 Å². The SMILES string of the molecule is CCC(C(=O)OC)C(O)c1ccc(OC)c(C)c1. The van der Waals surface area contributed by atoms with Crippen LogP contribution in [0, 0.1) is 12.8 Å². The molecule has 0 aliphatic heterocycles. The predicted molar refractivity (Wildman–Crippen MR) is 68.5 cm³/mol. The molecule has 0 spiro atoms. The zero-order valence-corrected chi connectivity index (χ0v) is 11.3. The van der Waals surface area contributed by atoms with E-state index in [2.05, 4.69) is 0 Å². The van der Waals surface area contributed by atoms with E-state index < -0.39 is 18.0 Å². The molecule has 4 heteroatoms. The van der Waals surface area contributed by atoms with Gasteiger partial charge >= 0.3 is 5.97 Å². The number of esters is 1. The number of carbonyl (C=O) groups is 1. The summed E-state index contributed by atoms with van der Waals surface area (Å²) in [4.78, 5) is 11.6. The Morgan fingerprint density at radius 2 is 2.06 bits per heavy atom. The first-order valence-electron chi connectivity index (χ1n) is 5.95. The van der Waals surface area contributed by atoms with Gasteiger partial charge < -0.3 is 14.6 Å². The van der Waals surface area contributed by atoms with Gasteiger partial charge in [-0.1, -0.05) is 13.0 Å². The molecule has 1 aromatic carbocycles. The number of aliphatic hydroxyl groups is 1. The maximum Gasteiger partial charge on any atom is 0.311 e. The van der Waals surface area contributed by atoms with Gasteiger partial charge in [0.05, 0.1) is 26.2 Å². The molecule has 0 heterocycles. The Bertz CT molecular complexity index is 414. The molecular weight excluding hydrogens is 232 g/mol. The number of carbonyl (C=O) groups excluding carboxylic acids is 1. The minimum atomic E-state index is -0.855. The normalized spacial score (nSPS) is 13.8. The van der Waals surface area contributed by atoms with Gasteiger partial charge in [-0.05, 0) is 36.6 Å². The summed E-state index contributed by atoms with van der Waals surface area (Å²) in [7, 11) is 2.93. The molecule has 0 saturated heterocycles. The Hall–Kier alpha value is -1.55. The summed E-state index contributed by atoms with van der Waals surface area (Å²) in [6.45, 7) is 3.75. The summed E-state index contributed by atoms with van der Waals surface area (Å²) < 4.78 is 9.86. The third-order valence-electron chi connectivity index (χ3n) is 3.09. The molecule has 2 atom stereocenters. The summed E-state index contributed by atoms with van der Waals surface area (Å²) in [5.41, 5.74) is 1.62. The van der Waals surface area contributed by atoms with Crippen LogP contribution in [-0.4, -0.2) is 25.3 Å². The van der Waals surface area contributed by atoms with E-state index in [0.29, 0.717) is 12.0 Å². The first-order valence-corrected chi connectivity index (χ1v) is 5.95. The van der Waals surface area contributed by atoms with Crippen LogP contribution in [0.3, 0.4) is 0 Å². The van der Waals surface area contributed by atoms with Gasteiger partial charge in [-0.2, -0.15) is 0 Å². The minimum Gasteiger partial charge on any atom is -0.496 e. The first-order chi connectivity index (χ1) is 8.54. The van der Waals surface area contributed by atoms with Crippen LogP contribution in [0.25, 0.3) is 0 Å². The summed E-state index contributed by atoms with van der Waals surface area (Å²) >= 11 is 0. The molecule has 1 N–H and O–H groups in total. The molecule has 0 aliphatic rings. The highest BCUT2D eigenvalue weighted by Crippen LogP contribution is 2.29. The Balaban J connectivity index is 2.98. The second kappa shape index (κ2) is 6.40. The maximum absolute atomic E-state index is 11.6. The molecule has 4 nitrogen and oxygen atoms in total. The number of benzene rings is 1. The smallest absolute Gasteiger partial charge is 0.311 e. The van der Waals surface area contributed by atoms with Gasteiger partial charge in [-0.3, -0.25) is 4.79 Å². The molecule has 100 valence electrons. The number of hydrogen-bond acceptors (Lipinski definition) is 4. The second-order valence-corrected chi connectivity index (χ2v) is 4.21. The van der Waals surface area contributed by atoms with E-state index in [0.717, 1.165) is 11.3 Å². The number of aryl methyl sites for hydroxylation is 1. The Morgan fingerprint density at radius 3 is 2.50 bits per heavy atom. The monoisotopic (exact) mass is 252 g/mol. The molecule has 0 aromatic heterocycles. The van der Waals surface area contributed by atoms with Crippen molar-refractivity contribution in [3.8, 4) is 5.75 Å². The zero-order valence-electron chi connectivity index (χ0n) is 11.3. The van der Waals surface area contributed by atoms with Crippen molar-refractivity contribution in [2.45, 2.75) is 26.4 Å². The molecule has 0 saturated carbocycles. The van der Waals surface area contributed by atoms with Crippen molar-refractivity contribution in [3.05, 3.63) is 29.3 Å². The summed E-state index contributed by atoms with van der Waals surface area (Å²) in [5, 5.41) is 10.2. The average molecular weight is 252 g/mol. The van der Waals surface area contributed by atoms with Gasteiger partial charge in [0.1, 0.15) is 5.75 Å². The average Bonchev–Trinajstić information content (AvgIpc) is 2.38. The van der Waals surface area contributed by atoms with Crippen LogP contribution in [0.4, 0.5) is 0 Å². The van der Waals surface area contributed by atoms with Crippen molar-refractivity contribution in [1.82, 2.24) is 0 Å². The number of methoxy groups -OCH3 is 2. The second-order valence-electron chi connectivity index (χ2n) is 4.21. The number of ether oxygens (including phenoxy) is 2. The number of aliphatic hydroxyl groups excluding tert-OH is 1. The van der Waals surface area contributed by atoms with E-state index in [1.54, 1.807) is 19.2 Å². The van der Waals surface area contributed by atoms with Crippen molar-refractivity contribution in [2.24, 2.45) is 5.92 Å². The van der Waals surface area contributed by atoms with Crippen molar-refractivity contribution in [3.63, 3.8) is 0 Å². The van der Waals surface area contributed by atoms with Crippen LogP contribution in [0.15, 0.2) is 18.2 Å². The van der Waals surface area contributed by atoms with Crippen LogP contribution < -0.4 is 4.74 Å². The van der Waals surface area contributed by atoms with Crippen molar-refractivity contribution in [1.29, 1.82) is 0 Å². The Kier molecular flexibility index (Phi) is 5.16. The van der Waals surface area contributed by atoms with Gasteiger partial charge in [-0.15, -0.1) is 0 Å². The van der Waals surface area contributed by atoms with Gasteiger partial charge in [0, 0.05) is 0 Å². The summed E-state index contributed by atoms with van der Waals surface area (Å²) in [5.74, 6) is -0.168. The minimum absolute atomic E-state index is 0.390. The first kappa shape index (κ1) is 14.5. The van der Waals surface area contributed by atoms with Crippen LogP contribution in [0.2, 0.25) is 0 Å². The van der Waals surface area contributed by atoms with Crippen molar-refractivity contribution >= 4 is 5.97 Å². The van der Waals surface area contributed by atoms with Gasteiger partial charge in [0.15, 0.2) is 0 Å². The molecule has 0 radical (unpaired) electrons. The van der Waals surface area contributed by atoms with E-state index in [-0.39, 0.29) is 0 Å². The fourth-order valence-corrected chi connectivity index (χ4v) is 1.99. The standard InChI is InChI=1S/C14H20O4/c1-5-11(14(16)18-4)13(15)10-6-7-12(17-3)9(2)8-10/h6-8,11,13,15H,5H2,1-4H3. The third-order valence-corrected chi connectivity index (χ3v) is 3.09. The summed E-state index contributed by atoms with van der Waals surface area (Å²) in [6, 6.07) is 5.38. The largest absolute Gasteiger partial charge is 0.496 e. The number of rotatable bonds is 5. The maximum atomic E-state index is 11.6. The Labute approximate surface area is 108 Å². The lowest BCUT2D eigenvalue weighted by atomic mass is 9.92. The van der Waals surface area contributed by atoms with Crippen molar-refractivity contribution in [2.75, 3.05) is 14.2 Å². The van der Waals surface area contributed by atoms with Crippen LogP contribution in [0.5, 0.6) is 5.75 Å². The van der Waals surface area contributed by atoms with E-state index in [1.807, 2.05) is 19.9 Å². The lowest BCUT2D eigenvalue weighted by molar-refractivity contribution is -0.149. The lowest BCUT2D eigenvalue weighted by Crippen LogP contribution is -2.23. The zero-order chi connectivity index (χ0) is 13.7. The van der Waals surface area contributed by atoms with Crippen LogP contribution in [0.1, 0.15) is 30.6 Å². The highest BCUT2D eigenvalue weighted by Gasteiger charge is 2.27. The molecule has 0 fully saturated rings. The highest BCUT2D eigenvalue weighted by molar-refractivity contribution is 5.73. The molecule has 2 unspecified atom stereocenters. The van der Waals surface area contributed by atoms with Crippen LogP contribution >= 0.6 is 0 Å². The molecule has 0 aliphatic carbocycles. The van der Waals surface area contributed by atoms with E-state index in [1.165, 1.54) is 7.11 Å². The topological polar surface area (TPSA) is 55.8 Å². The fraction of sp³-hybridized carbons (Fsp3) is 0.500. The lowest BCUT2D eigenvalue weighted by Gasteiger charge is -2.20. The van der Waals surface area contributed by atoms with Gasteiger partial charge in [-0.25, -0.2) is 0 Å². The van der Waals surface area contributed by atoms with Crippen LogP contribution in [-0.2, 0) is 9.53 Å². The molecule has 1 rings (SSSR count). The van der Waals surface area contributed by atoms with Gasteiger partial charge in [0.25, 0.3) is 0 Å². The Morgan fingerprint density at radius 1 is 1.39 bits per heavy atom. The molecule has 0 bridgehead atoms.